The van der Waals surface area contributed by atoms with E-state index in [0.717, 1.165) is 0 Å². The third kappa shape index (κ3) is 1.86. The van der Waals surface area contributed by atoms with Crippen molar-refractivity contribution in [2.75, 3.05) is 0 Å². The molecule has 0 aliphatic heterocycles. The molecular formula is C24H18. The van der Waals surface area contributed by atoms with Gasteiger partial charge in [-0.1, -0.05) is 90.5 Å². The monoisotopic (exact) mass is 306 g/mol. The molecule has 5 rings (SSSR count). The van der Waals surface area contributed by atoms with Gasteiger partial charge < -0.3 is 0 Å². The topological polar surface area (TPSA) is 0 Å². The van der Waals surface area contributed by atoms with Gasteiger partial charge in [-0.25, -0.2) is 0 Å². The maximum Gasteiger partial charge on any atom is 0.0358 e. The summed E-state index contributed by atoms with van der Waals surface area (Å²) in [6, 6.07) is 31.2. The van der Waals surface area contributed by atoms with Crippen LogP contribution in [0.3, 0.4) is 0 Å². The van der Waals surface area contributed by atoms with E-state index in [1.54, 1.807) is 0 Å². The summed E-state index contributed by atoms with van der Waals surface area (Å²) >= 11 is 0. The van der Waals surface area contributed by atoms with Gasteiger partial charge in [-0.05, 0) is 45.5 Å². The number of hydrogen-bond donors (Lipinski definition) is 0. The number of hydrogen-bond acceptors (Lipinski definition) is 0. The highest BCUT2D eigenvalue weighted by atomic mass is 14.3. The molecule has 0 heteroatoms. The van der Waals surface area contributed by atoms with Crippen molar-refractivity contribution in [1.82, 2.24) is 0 Å². The molecule has 0 saturated carbocycles. The predicted octanol–water partition coefficient (Wildman–Crippen LogP) is 6.31. The summed E-state index contributed by atoms with van der Waals surface area (Å²) in [4.78, 5) is 0. The first-order chi connectivity index (χ1) is 11.8. The summed E-state index contributed by atoms with van der Waals surface area (Å²) in [5.41, 5.74) is 8.33. The molecule has 0 N–H and O–H groups in total. The largest absolute Gasteiger partial charge is 0.0619 e. The number of fused-ring (bicyclic) bond motifs is 5. The molecule has 114 valence electrons. The van der Waals surface area contributed by atoms with Gasteiger partial charge in [-0.15, -0.1) is 0 Å². The van der Waals surface area contributed by atoms with Crippen molar-refractivity contribution in [2.45, 2.75) is 12.8 Å². The van der Waals surface area contributed by atoms with Gasteiger partial charge in [0.1, 0.15) is 0 Å². The normalized spacial score (nSPS) is 15.3. The SMILES string of the molecule is Cc1ccc(C2c3ccccc3-c3ccc4ccccc4c32)cc1. The fourth-order valence-corrected chi connectivity index (χ4v) is 4.10. The lowest BCUT2D eigenvalue weighted by Gasteiger charge is -2.16. The first-order valence-corrected chi connectivity index (χ1v) is 8.50. The molecule has 0 nitrogen and oxygen atoms in total. The Morgan fingerprint density at radius 2 is 1.38 bits per heavy atom. The number of benzene rings is 4. The van der Waals surface area contributed by atoms with Crippen LogP contribution in [0, 0.1) is 6.92 Å². The van der Waals surface area contributed by atoms with Crippen molar-refractivity contribution in [3.8, 4) is 11.1 Å². The van der Waals surface area contributed by atoms with Crippen LogP contribution in [0.4, 0.5) is 0 Å². The lowest BCUT2D eigenvalue weighted by molar-refractivity contribution is 1.02. The molecule has 1 atom stereocenters. The zero-order valence-corrected chi connectivity index (χ0v) is 13.7. The van der Waals surface area contributed by atoms with Crippen LogP contribution in [0.2, 0.25) is 0 Å². The predicted molar refractivity (Wildman–Crippen MR) is 102 cm³/mol. The summed E-state index contributed by atoms with van der Waals surface area (Å²) in [6.07, 6.45) is 0. The van der Waals surface area contributed by atoms with Crippen LogP contribution >= 0.6 is 0 Å². The molecule has 4 aromatic rings. The highest BCUT2D eigenvalue weighted by Crippen LogP contribution is 2.50. The van der Waals surface area contributed by atoms with Crippen molar-refractivity contribution >= 4 is 10.8 Å². The summed E-state index contributed by atoms with van der Waals surface area (Å²) in [7, 11) is 0. The molecule has 1 aliphatic carbocycles. The summed E-state index contributed by atoms with van der Waals surface area (Å²) in [6.45, 7) is 2.15. The zero-order chi connectivity index (χ0) is 16.1. The van der Waals surface area contributed by atoms with Crippen LogP contribution in [0.15, 0.2) is 84.9 Å². The van der Waals surface area contributed by atoms with E-state index in [0.29, 0.717) is 5.92 Å². The second-order valence-corrected chi connectivity index (χ2v) is 6.68. The van der Waals surface area contributed by atoms with Gasteiger partial charge in [-0.3, -0.25) is 0 Å². The summed E-state index contributed by atoms with van der Waals surface area (Å²) < 4.78 is 0. The Kier molecular flexibility index (Phi) is 2.87. The molecule has 0 heterocycles. The minimum atomic E-state index is 0.322. The Hall–Kier alpha value is -2.86. The highest BCUT2D eigenvalue weighted by molar-refractivity contribution is 5.97. The third-order valence-electron chi connectivity index (χ3n) is 5.23. The Labute approximate surface area is 142 Å². The van der Waals surface area contributed by atoms with Crippen molar-refractivity contribution < 1.29 is 0 Å². The van der Waals surface area contributed by atoms with E-state index in [1.165, 1.54) is 44.2 Å². The molecule has 0 fully saturated rings. The molecule has 1 unspecified atom stereocenters. The third-order valence-corrected chi connectivity index (χ3v) is 5.23. The standard InChI is InChI=1S/C24H18/c1-16-10-12-18(13-11-16)23-21-9-5-4-8-20(21)22-15-14-17-6-2-3-7-19(17)24(22)23/h2-15,23H,1H3. The maximum atomic E-state index is 2.30. The van der Waals surface area contributed by atoms with Crippen molar-refractivity contribution in [3.05, 3.63) is 107 Å². The molecule has 0 bridgehead atoms. The van der Waals surface area contributed by atoms with Gasteiger partial charge in [0.25, 0.3) is 0 Å². The summed E-state index contributed by atoms with van der Waals surface area (Å²) in [5.74, 6) is 0.322. The van der Waals surface area contributed by atoms with Gasteiger partial charge in [-0.2, -0.15) is 0 Å². The smallest absolute Gasteiger partial charge is 0.0358 e. The average molecular weight is 306 g/mol. The molecule has 0 radical (unpaired) electrons. The molecule has 0 spiro atoms. The van der Waals surface area contributed by atoms with Gasteiger partial charge in [0.05, 0.1) is 0 Å². The maximum absolute atomic E-state index is 2.30. The fourth-order valence-electron chi connectivity index (χ4n) is 4.10. The molecule has 1 aliphatic rings. The van der Waals surface area contributed by atoms with Crippen LogP contribution < -0.4 is 0 Å². The van der Waals surface area contributed by atoms with Crippen molar-refractivity contribution in [2.24, 2.45) is 0 Å². The number of aryl methyl sites for hydroxylation is 1. The Morgan fingerprint density at radius 3 is 2.25 bits per heavy atom. The molecule has 0 aromatic heterocycles. The van der Waals surface area contributed by atoms with Crippen LogP contribution in [0.25, 0.3) is 21.9 Å². The highest BCUT2D eigenvalue weighted by Gasteiger charge is 2.30. The van der Waals surface area contributed by atoms with Gasteiger partial charge >= 0.3 is 0 Å². The van der Waals surface area contributed by atoms with E-state index >= 15 is 0 Å². The van der Waals surface area contributed by atoms with Crippen LogP contribution in [-0.4, -0.2) is 0 Å². The Morgan fingerprint density at radius 1 is 0.625 bits per heavy atom. The zero-order valence-electron chi connectivity index (χ0n) is 13.7. The van der Waals surface area contributed by atoms with Gasteiger partial charge in [0, 0.05) is 5.92 Å². The molecule has 24 heavy (non-hydrogen) atoms. The van der Waals surface area contributed by atoms with Crippen LogP contribution in [-0.2, 0) is 0 Å². The van der Waals surface area contributed by atoms with Crippen LogP contribution in [0.1, 0.15) is 28.2 Å². The van der Waals surface area contributed by atoms with E-state index < -0.39 is 0 Å². The number of rotatable bonds is 1. The second kappa shape index (κ2) is 5.07. The quantitative estimate of drug-likeness (QED) is 0.340. The first-order valence-electron chi connectivity index (χ1n) is 8.50. The average Bonchev–Trinajstić information content (AvgIpc) is 2.97. The Bertz CT molecular complexity index is 1050. The lowest BCUT2D eigenvalue weighted by Crippen LogP contribution is -2.00. The second-order valence-electron chi connectivity index (χ2n) is 6.68. The minimum Gasteiger partial charge on any atom is -0.0619 e. The first kappa shape index (κ1) is 13.6. The van der Waals surface area contributed by atoms with E-state index in [2.05, 4.69) is 91.9 Å². The van der Waals surface area contributed by atoms with E-state index in [1.807, 2.05) is 0 Å². The molecule has 4 aromatic carbocycles. The van der Waals surface area contributed by atoms with Crippen LogP contribution in [0.5, 0.6) is 0 Å². The molecule has 0 amide bonds. The van der Waals surface area contributed by atoms with Gasteiger partial charge in [0.15, 0.2) is 0 Å². The van der Waals surface area contributed by atoms with Crippen molar-refractivity contribution in [1.29, 1.82) is 0 Å². The van der Waals surface area contributed by atoms with E-state index in [4.69, 9.17) is 0 Å². The van der Waals surface area contributed by atoms with E-state index in [9.17, 15) is 0 Å². The fraction of sp³-hybridized carbons (Fsp3) is 0.0833. The minimum absolute atomic E-state index is 0.322. The van der Waals surface area contributed by atoms with Crippen molar-refractivity contribution in [3.63, 3.8) is 0 Å². The Balaban J connectivity index is 1.87. The molecular weight excluding hydrogens is 288 g/mol. The lowest BCUT2D eigenvalue weighted by atomic mass is 9.86. The van der Waals surface area contributed by atoms with Gasteiger partial charge in [0.2, 0.25) is 0 Å². The van der Waals surface area contributed by atoms with E-state index in [-0.39, 0.29) is 0 Å². The summed E-state index contributed by atoms with van der Waals surface area (Å²) in [5, 5.41) is 2.69. The molecule has 0 saturated heterocycles.